The summed E-state index contributed by atoms with van der Waals surface area (Å²) in [5.41, 5.74) is 0. The molecule has 2 heterocycles. The van der Waals surface area contributed by atoms with E-state index in [1.54, 1.807) is 0 Å². The van der Waals surface area contributed by atoms with Gasteiger partial charge >= 0.3 is 11.8 Å². The van der Waals surface area contributed by atoms with Crippen molar-refractivity contribution in [3.63, 3.8) is 0 Å². The van der Waals surface area contributed by atoms with Crippen LogP contribution in [0.2, 0.25) is 0 Å². The zero-order chi connectivity index (χ0) is 12.7. The summed E-state index contributed by atoms with van der Waals surface area (Å²) in [5, 5.41) is 10.0. The minimum absolute atomic E-state index is 0.0268. The van der Waals surface area contributed by atoms with Crippen LogP contribution in [-0.4, -0.2) is 36.4 Å². The van der Waals surface area contributed by atoms with Gasteiger partial charge in [-0.2, -0.15) is 0 Å². The predicted octanol–water partition coefficient (Wildman–Crippen LogP) is 1.35. The average Bonchev–Trinajstić information content (AvgIpc) is 2.91. The molecule has 1 N–H and O–H groups in total. The molecule has 0 unspecified atom stereocenters. The van der Waals surface area contributed by atoms with Gasteiger partial charge in [0, 0.05) is 26.2 Å². The van der Waals surface area contributed by atoms with Gasteiger partial charge in [-0.15, -0.1) is 10.2 Å². The van der Waals surface area contributed by atoms with Crippen LogP contribution in [0.5, 0.6) is 0 Å². The van der Waals surface area contributed by atoms with E-state index in [0.717, 1.165) is 12.8 Å². The molecule has 1 amide bonds. The van der Waals surface area contributed by atoms with Crippen molar-refractivity contribution in [3.8, 4) is 0 Å². The summed E-state index contributed by atoms with van der Waals surface area (Å²) in [7, 11) is 1.53. The molecule has 0 saturated carbocycles. The Hall–Kier alpha value is -1.43. The summed E-state index contributed by atoms with van der Waals surface area (Å²) < 4.78 is 10.5. The minimum atomic E-state index is -0.346. The highest BCUT2D eigenvalue weighted by atomic mass is 16.5. The van der Waals surface area contributed by atoms with Crippen molar-refractivity contribution in [2.45, 2.75) is 32.6 Å². The lowest BCUT2D eigenvalue weighted by atomic mass is 10.0. The molecule has 0 radical (unpaired) electrons. The number of nitrogens with zero attached hydrogens (tertiary/aromatic N) is 2. The van der Waals surface area contributed by atoms with Crippen molar-refractivity contribution in [2.75, 3.05) is 20.3 Å². The van der Waals surface area contributed by atoms with E-state index in [1.165, 1.54) is 7.05 Å². The number of rotatable bonds is 2. The first kappa shape index (κ1) is 13.6. The van der Waals surface area contributed by atoms with Crippen LogP contribution in [0.15, 0.2) is 4.42 Å². The van der Waals surface area contributed by atoms with Gasteiger partial charge in [0.25, 0.3) is 0 Å². The molecule has 2 rings (SSSR count). The van der Waals surface area contributed by atoms with Crippen LogP contribution in [0.4, 0.5) is 0 Å². The van der Waals surface area contributed by atoms with Gasteiger partial charge in [-0.1, -0.05) is 13.8 Å². The van der Waals surface area contributed by atoms with Crippen molar-refractivity contribution in [1.82, 2.24) is 15.5 Å². The minimum Gasteiger partial charge on any atom is -0.417 e. The molecule has 0 bridgehead atoms. The normalized spacial score (nSPS) is 15.9. The Bertz CT molecular complexity index is 345. The molecule has 0 spiro atoms. The summed E-state index contributed by atoms with van der Waals surface area (Å²) in [5.74, 6) is 0.446. The van der Waals surface area contributed by atoms with Gasteiger partial charge in [0.2, 0.25) is 5.89 Å². The Kier molecular flexibility index (Phi) is 5.62. The standard InChI is InChI=1S/C9H13N3O3.C2H6/c1-10-7(13)9-12-11-8(15-9)6-2-4-14-5-3-6;1-2/h6H,2-5H2,1H3,(H,10,13);1-2H3. The maximum atomic E-state index is 11.2. The fourth-order valence-electron chi connectivity index (χ4n) is 1.54. The molecule has 0 atom stereocenters. The van der Waals surface area contributed by atoms with Crippen LogP contribution in [-0.2, 0) is 4.74 Å². The lowest BCUT2D eigenvalue weighted by Crippen LogP contribution is -2.18. The summed E-state index contributed by atoms with van der Waals surface area (Å²) in [6, 6.07) is 0. The first-order valence-corrected chi connectivity index (χ1v) is 5.94. The number of amides is 1. The second-order valence-electron chi connectivity index (χ2n) is 3.41. The van der Waals surface area contributed by atoms with E-state index >= 15 is 0 Å². The second kappa shape index (κ2) is 7.01. The van der Waals surface area contributed by atoms with Gasteiger partial charge in [0.1, 0.15) is 0 Å². The number of ether oxygens (including phenoxy) is 1. The molecule has 17 heavy (non-hydrogen) atoms. The lowest BCUT2D eigenvalue weighted by Gasteiger charge is -2.18. The van der Waals surface area contributed by atoms with Crippen LogP contribution in [0, 0.1) is 0 Å². The molecule has 1 aliphatic rings. The molecule has 1 aliphatic heterocycles. The Morgan fingerprint density at radius 2 is 1.94 bits per heavy atom. The predicted molar refractivity (Wildman–Crippen MR) is 61.8 cm³/mol. The first-order valence-electron chi connectivity index (χ1n) is 5.94. The van der Waals surface area contributed by atoms with Gasteiger partial charge < -0.3 is 14.5 Å². The van der Waals surface area contributed by atoms with Crippen molar-refractivity contribution in [2.24, 2.45) is 0 Å². The molecule has 1 aromatic heterocycles. The van der Waals surface area contributed by atoms with E-state index in [2.05, 4.69) is 15.5 Å². The van der Waals surface area contributed by atoms with Crippen molar-refractivity contribution in [1.29, 1.82) is 0 Å². The average molecular weight is 241 g/mol. The molecule has 1 saturated heterocycles. The zero-order valence-corrected chi connectivity index (χ0v) is 10.5. The van der Waals surface area contributed by atoms with E-state index in [9.17, 15) is 4.79 Å². The maximum Gasteiger partial charge on any atom is 0.308 e. The smallest absolute Gasteiger partial charge is 0.308 e. The van der Waals surface area contributed by atoms with Gasteiger partial charge in [0.05, 0.1) is 0 Å². The SMILES string of the molecule is CC.CNC(=O)c1nnc(C2CCOCC2)o1. The number of carbonyl (C=O) groups excluding carboxylic acids is 1. The summed E-state index contributed by atoms with van der Waals surface area (Å²) >= 11 is 0. The lowest BCUT2D eigenvalue weighted by molar-refractivity contribution is 0.0783. The van der Waals surface area contributed by atoms with Gasteiger partial charge in [-0.3, -0.25) is 4.79 Å². The quantitative estimate of drug-likeness (QED) is 0.845. The molecular weight excluding hydrogens is 222 g/mol. The number of nitrogens with one attached hydrogen (secondary N) is 1. The molecule has 1 fully saturated rings. The van der Waals surface area contributed by atoms with Gasteiger partial charge in [0.15, 0.2) is 0 Å². The topological polar surface area (TPSA) is 77.2 Å². The molecular formula is C11H19N3O3. The highest BCUT2D eigenvalue weighted by Gasteiger charge is 2.23. The Morgan fingerprint density at radius 3 is 2.53 bits per heavy atom. The maximum absolute atomic E-state index is 11.2. The van der Waals surface area contributed by atoms with E-state index in [0.29, 0.717) is 19.1 Å². The van der Waals surface area contributed by atoms with Gasteiger partial charge in [-0.05, 0) is 12.8 Å². The third-order valence-electron chi connectivity index (χ3n) is 2.43. The molecule has 1 aromatic rings. The van der Waals surface area contributed by atoms with Crippen LogP contribution in [0.1, 0.15) is 49.2 Å². The highest BCUT2D eigenvalue weighted by Crippen LogP contribution is 2.25. The number of carbonyl (C=O) groups is 1. The molecule has 96 valence electrons. The molecule has 6 nitrogen and oxygen atoms in total. The van der Waals surface area contributed by atoms with Crippen LogP contribution < -0.4 is 5.32 Å². The molecule has 0 aromatic carbocycles. The van der Waals surface area contributed by atoms with E-state index in [1.807, 2.05) is 13.8 Å². The monoisotopic (exact) mass is 241 g/mol. The Balaban J connectivity index is 0.000000686. The van der Waals surface area contributed by atoms with E-state index in [4.69, 9.17) is 9.15 Å². The summed E-state index contributed by atoms with van der Waals surface area (Å²) in [6.45, 7) is 5.42. The fraction of sp³-hybridized carbons (Fsp3) is 0.727. The summed E-state index contributed by atoms with van der Waals surface area (Å²) in [6.07, 6.45) is 1.74. The number of hydrogen-bond donors (Lipinski definition) is 1. The van der Waals surface area contributed by atoms with Crippen LogP contribution in [0.3, 0.4) is 0 Å². The van der Waals surface area contributed by atoms with Crippen molar-refractivity contribution < 1.29 is 13.9 Å². The molecule has 6 heteroatoms. The van der Waals surface area contributed by atoms with E-state index in [-0.39, 0.29) is 17.7 Å². The number of aromatic nitrogens is 2. The largest absolute Gasteiger partial charge is 0.417 e. The molecule has 0 aliphatic carbocycles. The highest BCUT2D eigenvalue weighted by molar-refractivity contribution is 5.89. The summed E-state index contributed by atoms with van der Waals surface area (Å²) in [4.78, 5) is 11.2. The van der Waals surface area contributed by atoms with Crippen LogP contribution in [0.25, 0.3) is 0 Å². The Morgan fingerprint density at radius 1 is 1.29 bits per heavy atom. The van der Waals surface area contributed by atoms with Crippen molar-refractivity contribution >= 4 is 5.91 Å². The first-order chi connectivity index (χ1) is 8.31. The zero-order valence-electron chi connectivity index (χ0n) is 10.5. The van der Waals surface area contributed by atoms with Crippen molar-refractivity contribution in [3.05, 3.63) is 11.8 Å². The second-order valence-corrected chi connectivity index (χ2v) is 3.41. The third kappa shape index (κ3) is 3.52. The Labute approximate surface area is 101 Å². The van der Waals surface area contributed by atoms with Gasteiger partial charge in [-0.25, -0.2) is 0 Å². The van der Waals surface area contributed by atoms with Crippen LogP contribution >= 0.6 is 0 Å². The third-order valence-corrected chi connectivity index (χ3v) is 2.43. The van der Waals surface area contributed by atoms with E-state index < -0.39 is 0 Å². The fourth-order valence-corrected chi connectivity index (χ4v) is 1.54. The number of hydrogen-bond acceptors (Lipinski definition) is 5.